The number of para-hydroxylation sites is 1. The summed E-state index contributed by atoms with van der Waals surface area (Å²) in [6, 6.07) is 20.2. The van der Waals surface area contributed by atoms with Gasteiger partial charge in [-0.3, -0.25) is 9.59 Å². The molecule has 188 valence electrons. The molecule has 0 aliphatic carbocycles. The molecule has 4 aromatic rings. The largest absolute Gasteiger partial charge is 0.507 e. The summed E-state index contributed by atoms with van der Waals surface area (Å²) in [5.41, 5.74) is 4.12. The van der Waals surface area contributed by atoms with Crippen LogP contribution in [0.2, 0.25) is 0 Å². The number of rotatable bonds is 5. The van der Waals surface area contributed by atoms with Crippen LogP contribution in [0.3, 0.4) is 0 Å². The molecular weight excluding hydrogens is 467 g/mol. The van der Waals surface area contributed by atoms with Crippen LogP contribution >= 0.6 is 0 Å². The minimum absolute atomic E-state index is 0.0130. The lowest BCUT2D eigenvalue weighted by Gasteiger charge is -2.26. The molecule has 1 aliphatic heterocycles. The molecule has 0 radical (unpaired) electrons. The van der Waals surface area contributed by atoms with E-state index in [0.29, 0.717) is 6.42 Å². The van der Waals surface area contributed by atoms with Crippen molar-refractivity contribution < 1.29 is 19.1 Å². The number of likely N-dealkylation sites (tertiary alicyclic amines) is 1. The van der Waals surface area contributed by atoms with E-state index in [1.807, 2.05) is 54.7 Å². The summed E-state index contributed by atoms with van der Waals surface area (Å²) in [4.78, 5) is 31.4. The first kappa shape index (κ1) is 24.5. The number of carbonyl (C=O) groups excluding carboxylic acids is 2. The number of hydrogen-bond acceptors (Lipinski definition) is 3. The molecule has 2 heterocycles. The lowest BCUT2D eigenvalue weighted by molar-refractivity contribution is -0.139. The highest BCUT2D eigenvalue weighted by Crippen LogP contribution is 2.40. The van der Waals surface area contributed by atoms with Gasteiger partial charge in [0.2, 0.25) is 0 Å². The van der Waals surface area contributed by atoms with Gasteiger partial charge in [0, 0.05) is 29.2 Å². The van der Waals surface area contributed by atoms with Crippen LogP contribution in [0.1, 0.15) is 49.1 Å². The fourth-order valence-electron chi connectivity index (χ4n) is 4.97. The lowest BCUT2D eigenvalue weighted by Crippen LogP contribution is -2.31. The number of amides is 1. The van der Waals surface area contributed by atoms with Crippen LogP contribution in [-0.2, 0) is 21.4 Å². The Morgan fingerprint density at radius 2 is 1.65 bits per heavy atom. The summed E-state index contributed by atoms with van der Waals surface area (Å²) in [5.74, 6) is -2.16. The number of aromatic amines is 1. The molecule has 2 N–H and O–H groups in total. The standard InChI is InChI=1S/C31H29FN2O3/c1-31(2,3)22-12-8-19(9-13-22)27-26(28(35)20-10-14-23(32)15-11-20)29(36)30(37)34(27)17-16-21-18-33-25-7-5-4-6-24(21)25/h4-15,18,27,33,35H,16-17H2,1-3H3. The van der Waals surface area contributed by atoms with Gasteiger partial charge in [0.1, 0.15) is 11.6 Å². The number of aliphatic hydroxyl groups excluding tert-OH is 1. The van der Waals surface area contributed by atoms with Gasteiger partial charge in [0.05, 0.1) is 11.6 Å². The smallest absolute Gasteiger partial charge is 0.295 e. The van der Waals surface area contributed by atoms with E-state index in [-0.39, 0.29) is 28.9 Å². The summed E-state index contributed by atoms with van der Waals surface area (Å²) in [6.45, 7) is 6.63. The molecule has 1 aromatic heterocycles. The third-order valence-corrected chi connectivity index (χ3v) is 7.05. The van der Waals surface area contributed by atoms with E-state index in [4.69, 9.17) is 0 Å². The second-order valence-corrected chi connectivity index (χ2v) is 10.5. The number of benzene rings is 3. The molecule has 1 aliphatic rings. The minimum Gasteiger partial charge on any atom is -0.507 e. The number of halogens is 1. The summed E-state index contributed by atoms with van der Waals surface area (Å²) in [5, 5.41) is 12.2. The average molecular weight is 497 g/mol. The van der Waals surface area contributed by atoms with Crippen molar-refractivity contribution in [1.82, 2.24) is 9.88 Å². The number of hydrogen-bond donors (Lipinski definition) is 2. The van der Waals surface area contributed by atoms with Crippen molar-refractivity contribution in [3.05, 3.63) is 113 Å². The number of carbonyl (C=O) groups is 2. The molecule has 0 spiro atoms. The van der Waals surface area contributed by atoms with Crippen LogP contribution in [0.15, 0.2) is 84.6 Å². The Balaban J connectivity index is 1.57. The van der Waals surface area contributed by atoms with Gasteiger partial charge >= 0.3 is 0 Å². The quantitative estimate of drug-likeness (QED) is 0.194. The van der Waals surface area contributed by atoms with Crippen LogP contribution in [0.5, 0.6) is 0 Å². The second kappa shape index (κ2) is 9.36. The predicted molar refractivity (Wildman–Crippen MR) is 143 cm³/mol. The highest BCUT2D eigenvalue weighted by atomic mass is 19.1. The fraction of sp³-hybridized carbons (Fsp3) is 0.226. The summed E-state index contributed by atoms with van der Waals surface area (Å²) >= 11 is 0. The van der Waals surface area contributed by atoms with Gasteiger partial charge in [0.15, 0.2) is 0 Å². The van der Waals surface area contributed by atoms with E-state index in [2.05, 4.69) is 25.8 Å². The van der Waals surface area contributed by atoms with Crippen molar-refractivity contribution in [2.45, 2.75) is 38.6 Å². The molecule has 3 aromatic carbocycles. The molecule has 0 saturated carbocycles. The third-order valence-electron chi connectivity index (χ3n) is 7.05. The van der Waals surface area contributed by atoms with E-state index in [9.17, 15) is 19.1 Å². The second-order valence-electron chi connectivity index (χ2n) is 10.5. The molecule has 6 heteroatoms. The number of aromatic nitrogens is 1. The van der Waals surface area contributed by atoms with Crippen molar-refractivity contribution in [3.63, 3.8) is 0 Å². The van der Waals surface area contributed by atoms with Crippen LogP contribution in [0.25, 0.3) is 16.7 Å². The number of Topliss-reactive ketones (excluding diaryl/α,β-unsaturated/α-hetero) is 1. The van der Waals surface area contributed by atoms with Crippen LogP contribution in [0, 0.1) is 5.82 Å². The van der Waals surface area contributed by atoms with E-state index in [1.165, 1.54) is 29.2 Å². The number of ketones is 1. The monoisotopic (exact) mass is 496 g/mol. The normalized spacial score (nSPS) is 17.6. The maximum absolute atomic E-state index is 13.5. The van der Waals surface area contributed by atoms with Crippen LogP contribution < -0.4 is 0 Å². The Kier molecular flexibility index (Phi) is 6.20. The molecule has 1 unspecified atom stereocenters. The minimum atomic E-state index is -0.760. The predicted octanol–water partition coefficient (Wildman–Crippen LogP) is 6.27. The van der Waals surface area contributed by atoms with Crippen molar-refractivity contribution >= 4 is 28.4 Å². The molecule has 1 saturated heterocycles. The zero-order valence-electron chi connectivity index (χ0n) is 21.1. The third kappa shape index (κ3) is 4.55. The Bertz CT molecular complexity index is 1510. The highest BCUT2D eigenvalue weighted by molar-refractivity contribution is 6.46. The summed E-state index contributed by atoms with van der Waals surface area (Å²) < 4.78 is 13.5. The molecule has 1 atom stereocenters. The molecular formula is C31H29FN2O3. The molecule has 1 amide bonds. The first-order valence-electron chi connectivity index (χ1n) is 12.3. The number of nitrogens with zero attached hydrogens (tertiary/aromatic N) is 1. The molecule has 5 rings (SSSR count). The summed E-state index contributed by atoms with van der Waals surface area (Å²) in [6.07, 6.45) is 2.46. The Morgan fingerprint density at radius 1 is 0.973 bits per heavy atom. The number of nitrogens with one attached hydrogen (secondary N) is 1. The lowest BCUT2D eigenvalue weighted by atomic mass is 9.85. The number of fused-ring (bicyclic) bond motifs is 1. The molecule has 5 nitrogen and oxygen atoms in total. The Morgan fingerprint density at radius 3 is 2.32 bits per heavy atom. The number of H-pyrrole nitrogens is 1. The maximum atomic E-state index is 13.5. The zero-order valence-corrected chi connectivity index (χ0v) is 21.1. The highest BCUT2D eigenvalue weighted by Gasteiger charge is 2.46. The van der Waals surface area contributed by atoms with Gasteiger partial charge in [-0.1, -0.05) is 63.2 Å². The van der Waals surface area contributed by atoms with Crippen molar-refractivity contribution in [2.24, 2.45) is 0 Å². The van der Waals surface area contributed by atoms with E-state index in [0.717, 1.165) is 27.6 Å². The molecule has 37 heavy (non-hydrogen) atoms. The average Bonchev–Trinajstić information content (AvgIpc) is 3.41. The Labute approximate surface area is 215 Å². The Hall–Kier alpha value is -4.19. The first-order chi connectivity index (χ1) is 17.6. The SMILES string of the molecule is CC(C)(C)c1ccc(C2C(=C(O)c3ccc(F)cc3)C(=O)C(=O)N2CCc2c[nH]c3ccccc23)cc1. The topological polar surface area (TPSA) is 73.4 Å². The van der Waals surface area contributed by atoms with E-state index < -0.39 is 23.5 Å². The van der Waals surface area contributed by atoms with Gasteiger partial charge in [-0.05, 0) is 58.9 Å². The molecule has 0 bridgehead atoms. The van der Waals surface area contributed by atoms with Crippen LogP contribution in [-0.4, -0.2) is 33.2 Å². The van der Waals surface area contributed by atoms with Gasteiger partial charge in [-0.2, -0.15) is 0 Å². The maximum Gasteiger partial charge on any atom is 0.295 e. The first-order valence-corrected chi connectivity index (χ1v) is 12.3. The fourth-order valence-corrected chi connectivity index (χ4v) is 4.97. The van der Waals surface area contributed by atoms with E-state index in [1.54, 1.807) is 0 Å². The summed E-state index contributed by atoms with van der Waals surface area (Å²) in [7, 11) is 0. The molecule has 1 fully saturated rings. The van der Waals surface area contributed by atoms with Gasteiger partial charge < -0.3 is 15.0 Å². The van der Waals surface area contributed by atoms with Gasteiger partial charge in [-0.25, -0.2) is 4.39 Å². The van der Waals surface area contributed by atoms with Gasteiger partial charge in [0.25, 0.3) is 11.7 Å². The van der Waals surface area contributed by atoms with Gasteiger partial charge in [-0.15, -0.1) is 0 Å². The van der Waals surface area contributed by atoms with Crippen molar-refractivity contribution in [1.29, 1.82) is 0 Å². The van der Waals surface area contributed by atoms with Crippen molar-refractivity contribution in [2.75, 3.05) is 6.54 Å². The van der Waals surface area contributed by atoms with E-state index >= 15 is 0 Å². The van der Waals surface area contributed by atoms with Crippen LogP contribution in [0.4, 0.5) is 4.39 Å². The number of aliphatic hydroxyl groups is 1. The van der Waals surface area contributed by atoms with Crippen molar-refractivity contribution in [3.8, 4) is 0 Å². The zero-order chi connectivity index (χ0) is 26.3.